The Hall–Kier alpha value is -3.14. The minimum absolute atomic E-state index is 0.0346. The summed E-state index contributed by atoms with van der Waals surface area (Å²) in [5, 5.41) is 13.3. The van der Waals surface area contributed by atoms with E-state index in [1.165, 1.54) is 25.1 Å². The molecule has 0 aromatic heterocycles. The molecule has 9 nitrogen and oxygen atoms in total. The predicted molar refractivity (Wildman–Crippen MR) is 105 cm³/mol. The molecule has 0 spiro atoms. The number of halogens is 1. The van der Waals surface area contributed by atoms with E-state index in [9.17, 15) is 19.7 Å². The number of rotatable bonds is 6. The highest BCUT2D eigenvalue weighted by atomic mass is 79.9. The van der Waals surface area contributed by atoms with Gasteiger partial charge >= 0.3 is 5.97 Å². The lowest BCUT2D eigenvalue weighted by Crippen LogP contribution is -2.39. The number of hydrogen-bond donors (Lipinski definition) is 1. The van der Waals surface area contributed by atoms with Gasteiger partial charge in [-0.3, -0.25) is 14.9 Å². The van der Waals surface area contributed by atoms with Crippen LogP contribution < -0.4 is 14.8 Å². The first-order valence-corrected chi connectivity index (χ1v) is 9.44. The Bertz CT molecular complexity index is 964. The first-order valence-electron chi connectivity index (χ1n) is 8.65. The molecule has 1 N–H and O–H groups in total. The molecule has 2 aromatic carbocycles. The van der Waals surface area contributed by atoms with E-state index in [2.05, 4.69) is 21.2 Å². The van der Waals surface area contributed by atoms with Crippen molar-refractivity contribution in [1.29, 1.82) is 0 Å². The number of nitrogens with zero attached hydrogens (tertiary/aromatic N) is 1. The minimum atomic E-state index is -0.947. The number of hydrogen-bond acceptors (Lipinski definition) is 7. The van der Waals surface area contributed by atoms with E-state index >= 15 is 0 Å². The second-order valence-corrected chi connectivity index (χ2v) is 7.05. The fourth-order valence-electron chi connectivity index (χ4n) is 2.59. The number of carbonyl (C=O) groups is 2. The van der Waals surface area contributed by atoms with Crippen LogP contribution in [0.2, 0.25) is 0 Å². The molecule has 3 rings (SSSR count). The number of nitro groups is 1. The standard InChI is InChI=1S/C19H17BrN2O7/c1-11(21-18(23)12-3-2-4-14(7-12)22(25)26)19(24)29-10-13-8-16-17(9-15(13)20)28-6-5-27-16/h2-4,7-9,11H,5-6,10H2,1H3,(H,21,23)/t11-/m0/s1. The average Bonchev–Trinajstić information content (AvgIpc) is 2.71. The van der Waals surface area contributed by atoms with E-state index in [4.69, 9.17) is 14.2 Å². The van der Waals surface area contributed by atoms with Gasteiger partial charge in [-0.1, -0.05) is 22.0 Å². The highest BCUT2D eigenvalue weighted by molar-refractivity contribution is 9.10. The molecular formula is C19H17BrN2O7. The van der Waals surface area contributed by atoms with Crippen molar-refractivity contribution in [2.75, 3.05) is 13.2 Å². The zero-order valence-corrected chi connectivity index (χ0v) is 16.9. The molecule has 0 bridgehead atoms. The van der Waals surface area contributed by atoms with Crippen LogP contribution in [0.15, 0.2) is 40.9 Å². The van der Waals surface area contributed by atoms with Crippen molar-refractivity contribution in [3.05, 3.63) is 62.1 Å². The lowest BCUT2D eigenvalue weighted by molar-refractivity contribution is -0.384. The third kappa shape index (κ3) is 5.02. The summed E-state index contributed by atoms with van der Waals surface area (Å²) in [6.07, 6.45) is 0. The maximum Gasteiger partial charge on any atom is 0.328 e. The van der Waals surface area contributed by atoms with Crippen molar-refractivity contribution in [3.8, 4) is 11.5 Å². The number of fused-ring (bicyclic) bond motifs is 1. The minimum Gasteiger partial charge on any atom is -0.486 e. The number of nitrogens with one attached hydrogen (secondary N) is 1. The van der Waals surface area contributed by atoms with Crippen molar-refractivity contribution < 1.29 is 28.7 Å². The van der Waals surface area contributed by atoms with Gasteiger partial charge in [-0.25, -0.2) is 4.79 Å². The Morgan fingerprint density at radius 2 is 1.93 bits per heavy atom. The second-order valence-electron chi connectivity index (χ2n) is 6.20. The number of ether oxygens (including phenoxy) is 3. The van der Waals surface area contributed by atoms with Crippen LogP contribution in [0.5, 0.6) is 11.5 Å². The van der Waals surface area contributed by atoms with E-state index in [1.807, 2.05) is 0 Å². The zero-order valence-electron chi connectivity index (χ0n) is 15.3. The first-order chi connectivity index (χ1) is 13.8. The Labute approximate surface area is 174 Å². The summed E-state index contributed by atoms with van der Waals surface area (Å²) in [5.41, 5.74) is 0.546. The summed E-state index contributed by atoms with van der Waals surface area (Å²) in [4.78, 5) is 34.7. The van der Waals surface area contributed by atoms with Gasteiger partial charge in [-0.2, -0.15) is 0 Å². The molecular weight excluding hydrogens is 448 g/mol. The lowest BCUT2D eigenvalue weighted by atomic mass is 10.2. The van der Waals surface area contributed by atoms with Gasteiger partial charge in [0.05, 0.1) is 4.92 Å². The van der Waals surface area contributed by atoms with E-state index in [1.54, 1.807) is 12.1 Å². The molecule has 1 amide bonds. The molecule has 1 aliphatic heterocycles. The molecule has 0 fully saturated rings. The average molecular weight is 465 g/mol. The SMILES string of the molecule is C[C@H](NC(=O)c1cccc([N+](=O)[O-])c1)C(=O)OCc1cc2c(cc1Br)OCCO2. The Kier molecular flexibility index (Phi) is 6.32. The number of benzene rings is 2. The van der Waals surface area contributed by atoms with Gasteiger partial charge in [0, 0.05) is 27.7 Å². The van der Waals surface area contributed by atoms with Gasteiger partial charge in [-0.05, 0) is 25.1 Å². The van der Waals surface area contributed by atoms with Gasteiger partial charge in [0.25, 0.3) is 11.6 Å². The molecule has 152 valence electrons. The van der Waals surface area contributed by atoms with Crippen LogP contribution in [0.1, 0.15) is 22.8 Å². The van der Waals surface area contributed by atoms with Crippen molar-refractivity contribution >= 4 is 33.5 Å². The molecule has 1 heterocycles. The van der Waals surface area contributed by atoms with Gasteiger partial charge in [0.2, 0.25) is 0 Å². The maximum atomic E-state index is 12.2. The molecule has 10 heteroatoms. The van der Waals surface area contributed by atoms with E-state index in [-0.39, 0.29) is 17.9 Å². The van der Waals surface area contributed by atoms with Crippen LogP contribution in [0, 0.1) is 10.1 Å². The highest BCUT2D eigenvalue weighted by Gasteiger charge is 2.21. The van der Waals surface area contributed by atoms with Crippen LogP contribution in [-0.4, -0.2) is 36.1 Å². The molecule has 0 aliphatic carbocycles. The molecule has 1 atom stereocenters. The van der Waals surface area contributed by atoms with Crippen LogP contribution >= 0.6 is 15.9 Å². The van der Waals surface area contributed by atoms with Gasteiger partial charge < -0.3 is 19.5 Å². The predicted octanol–water partition coefficient (Wildman–Crippen LogP) is 2.99. The molecule has 0 unspecified atom stereocenters. The number of nitro benzene ring substituents is 1. The van der Waals surface area contributed by atoms with E-state index in [0.29, 0.717) is 34.7 Å². The monoisotopic (exact) mass is 464 g/mol. The summed E-state index contributed by atoms with van der Waals surface area (Å²) in [6.45, 7) is 2.34. The van der Waals surface area contributed by atoms with Crippen molar-refractivity contribution in [3.63, 3.8) is 0 Å². The third-order valence-corrected chi connectivity index (χ3v) is 4.84. The summed E-state index contributed by atoms with van der Waals surface area (Å²) in [5.74, 6) is -0.0856. The summed E-state index contributed by atoms with van der Waals surface area (Å²) >= 11 is 3.40. The molecule has 1 aliphatic rings. The smallest absolute Gasteiger partial charge is 0.328 e. The van der Waals surface area contributed by atoms with Crippen molar-refractivity contribution in [2.24, 2.45) is 0 Å². The molecule has 29 heavy (non-hydrogen) atoms. The Morgan fingerprint density at radius 1 is 1.24 bits per heavy atom. The van der Waals surface area contributed by atoms with Gasteiger partial charge in [0.1, 0.15) is 25.9 Å². The summed E-state index contributed by atoms with van der Waals surface area (Å²) in [6, 6.07) is 7.75. The van der Waals surface area contributed by atoms with Crippen LogP contribution in [-0.2, 0) is 16.1 Å². The zero-order chi connectivity index (χ0) is 21.0. The number of amides is 1. The normalized spacial score (nSPS) is 13.3. The second kappa shape index (κ2) is 8.91. The number of esters is 1. The molecule has 0 saturated heterocycles. The Morgan fingerprint density at radius 3 is 2.62 bits per heavy atom. The van der Waals surface area contributed by atoms with Crippen LogP contribution in [0.3, 0.4) is 0 Å². The summed E-state index contributed by atoms with van der Waals surface area (Å²) in [7, 11) is 0. The fourth-order valence-corrected chi connectivity index (χ4v) is 3.03. The van der Waals surface area contributed by atoms with Crippen LogP contribution in [0.25, 0.3) is 0 Å². The first kappa shape index (κ1) is 20.6. The molecule has 0 radical (unpaired) electrons. The van der Waals surface area contributed by atoms with Crippen molar-refractivity contribution in [1.82, 2.24) is 5.32 Å². The largest absolute Gasteiger partial charge is 0.486 e. The third-order valence-electron chi connectivity index (χ3n) is 4.10. The van der Waals surface area contributed by atoms with Gasteiger partial charge in [0.15, 0.2) is 11.5 Å². The van der Waals surface area contributed by atoms with E-state index in [0.717, 1.165) is 6.07 Å². The maximum absolute atomic E-state index is 12.2. The van der Waals surface area contributed by atoms with Crippen molar-refractivity contribution in [2.45, 2.75) is 19.6 Å². The Balaban J connectivity index is 1.59. The highest BCUT2D eigenvalue weighted by Crippen LogP contribution is 2.35. The molecule has 0 saturated carbocycles. The van der Waals surface area contributed by atoms with Crippen LogP contribution in [0.4, 0.5) is 5.69 Å². The van der Waals surface area contributed by atoms with E-state index < -0.39 is 22.8 Å². The molecule has 2 aromatic rings. The number of non-ortho nitro benzene ring substituents is 1. The fraction of sp³-hybridized carbons (Fsp3) is 0.263. The lowest BCUT2D eigenvalue weighted by Gasteiger charge is -2.20. The summed E-state index contributed by atoms with van der Waals surface area (Å²) < 4.78 is 17.0. The van der Waals surface area contributed by atoms with Gasteiger partial charge in [-0.15, -0.1) is 0 Å². The topological polar surface area (TPSA) is 117 Å². The number of carbonyl (C=O) groups excluding carboxylic acids is 2. The quantitative estimate of drug-likeness (QED) is 0.396.